The van der Waals surface area contributed by atoms with Crippen molar-refractivity contribution in [3.05, 3.63) is 29.3 Å². The van der Waals surface area contributed by atoms with Crippen molar-refractivity contribution in [3.63, 3.8) is 0 Å². The Bertz CT molecular complexity index is 909. The second-order valence-electron chi connectivity index (χ2n) is 7.63. The highest BCUT2D eigenvalue weighted by molar-refractivity contribution is 6.31. The van der Waals surface area contributed by atoms with Gasteiger partial charge in [0.2, 0.25) is 0 Å². The third-order valence-corrected chi connectivity index (χ3v) is 5.82. The Morgan fingerprint density at radius 2 is 1.79 bits per heavy atom. The number of amides is 1. The Hall–Kier alpha value is -2.54. The fourth-order valence-electron chi connectivity index (χ4n) is 3.98. The summed E-state index contributed by atoms with van der Waals surface area (Å²) in [5.74, 6) is 0.454. The molecule has 1 saturated carbocycles. The minimum Gasteiger partial charge on any atom is -0.384 e. The van der Waals surface area contributed by atoms with Crippen molar-refractivity contribution in [1.29, 1.82) is 0 Å². The molecule has 1 aromatic heterocycles. The lowest BCUT2D eigenvalue weighted by Crippen LogP contribution is -2.48. The fraction of sp³-hybridized carbons (Fsp3) is 0.476. The minimum atomic E-state index is -0.368. The monoisotopic (exact) mass is 415 g/mol. The van der Waals surface area contributed by atoms with Gasteiger partial charge in [-0.3, -0.25) is 4.84 Å². The molecule has 2 fully saturated rings. The maximum Gasteiger partial charge on any atom is 0.436 e. The molecule has 8 heteroatoms. The number of hydrogen-bond donors (Lipinski definition) is 1. The highest BCUT2D eigenvalue weighted by Gasteiger charge is 2.24. The summed E-state index contributed by atoms with van der Waals surface area (Å²) >= 11 is 6.09. The van der Waals surface area contributed by atoms with Gasteiger partial charge in [0.05, 0.1) is 11.2 Å². The Balaban J connectivity index is 1.40. The Morgan fingerprint density at radius 3 is 2.52 bits per heavy atom. The molecule has 2 N–H and O–H groups in total. The Morgan fingerprint density at radius 1 is 1.07 bits per heavy atom. The molecule has 0 unspecified atom stereocenters. The summed E-state index contributed by atoms with van der Waals surface area (Å²) in [4.78, 5) is 25.9. The van der Waals surface area contributed by atoms with Gasteiger partial charge >= 0.3 is 6.09 Å². The van der Waals surface area contributed by atoms with Gasteiger partial charge < -0.3 is 15.5 Å². The molecular formula is C21H26ClN5O2. The van der Waals surface area contributed by atoms with E-state index in [-0.39, 0.29) is 6.09 Å². The molecule has 154 valence electrons. The van der Waals surface area contributed by atoms with E-state index in [4.69, 9.17) is 22.2 Å². The number of halogens is 1. The van der Waals surface area contributed by atoms with Crippen molar-refractivity contribution >= 4 is 45.8 Å². The van der Waals surface area contributed by atoms with E-state index in [1.165, 1.54) is 12.8 Å². The number of pyridine rings is 1. The summed E-state index contributed by atoms with van der Waals surface area (Å²) in [5.41, 5.74) is 8.79. The molecular weight excluding hydrogens is 390 g/mol. The number of carbonyl (C=O) groups is 1. The lowest BCUT2D eigenvalue weighted by molar-refractivity contribution is 0.103. The highest BCUT2D eigenvalue weighted by Crippen LogP contribution is 2.30. The first kappa shape index (κ1) is 19.8. The first-order valence-corrected chi connectivity index (χ1v) is 10.6. The molecule has 2 aliphatic rings. The van der Waals surface area contributed by atoms with Gasteiger partial charge in [-0.25, -0.2) is 9.78 Å². The lowest BCUT2D eigenvalue weighted by atomic mass is 10.1. The standard InChI is InChI=1S/C21H26ClN5O2/c22-15-7-8-17-18(13-15)24-20(23)14-19(17)26-9-11-27(12-10-26)21(28)29-25-16-5-3-1-2-4-6-16/h7-8,13-14H,1-6,9-12H2,(H2,23,24). The van der Waals surface area contributed by atoms with Crippen LogP contribution in [-0.2, 0) is 4.84 Å². The molecule has 1 aliphatic carbocycles. The molecule has 0 bridgehead atoms. The minimum absolute atomic E-state index is 0.368. The number of nitrogen functional groups attached to an aromatic ring is 1. The Labute approximate surface area is 175 Å². The van der Waals surface area contributed by atoms with Crippen LogP contribution in [0, 0.1) is 0 Å². The van der Waals surface area contributed by atoms with Crippen LogP contribution in [0.4, 0.5) is 16.3 Å². The predicted molar refractivity (Wildman–Crippen MR) is 117 cm³/mol. The number of carbonyl (C=O) groups excluding carboxylic acids is 1. The van der Waals surface area contributed by atoms with Gasteiger partial charge in [-0.05, 0) is 43.9 Å². The van der Waals surface area contributed by atoms with E-state index in [0.717, 1.165) is 48.0 Å². The second-order valence-corrected chi connectivity index (χ2v) is 8.07. The lowest BCUT2D eigenvalue weighted by Gasteiger charge is -2.35. The van der Waals surface area contributed by atoms with Crippen LogP contribution in [-0.4, -0.2) is 47.9 Å². The van der Waals surface area contributed by atoms with Crippen LogP contribution in [0.3, 0.4) is 0 Å². The van der Waals surface area contributed by atoms with Crippen molar-refractivity contribution in [2.24, 2.45) is 5.16 Å². The number of oxime groups is 1. The van der Waals surface area contributed by atoms with Crippen LogP contribution in [0.5, 0.6) is 0 Å². The molecule has 0 atom stereocenters. The zero-order chi connectivity index (χ0) is 20.2. The number of aromatic nitrogens is 1. The van der Waals surface area contributed by atoms with E-state index in [2.05, 4.69) is 15.0 Å². The average molecular weight is 416 g/mol. The molecule has 2 heterocycles. The van der Waals surface area contributed by atoms with Gasteiger partial charge in [0, 0.05) is 48.3 Å². The molecule has 7 nitrogen and oxygen atoms in total. The summed E-state index contributed by atoms with van der Waals surface area (Å²) in [7, 11) is 0. The van der Waals surface area contributed by atoms with Crippen molar-refractivity contribution in [3.8, 4) is 0 Å². The summed E-state index contributed by atoms with van der Waals surface area (Å²) in [6.45, 7) is 2.52. The van der Waals surface area contributed by atoms with Crippen LogP contribution in [0.15, 0.2) is 29.4 Å². The van der Waals surface area contributed by atoms with Crippen LogP contribution in [0.2, 0.25) is 5.02 Å². The van der Waals surface area contributed by atoms with Crippen molar-refractivity contribution < 1.29 is 9.63 Å². The zero-order valence-electron chi connectivity index (χ0n) is 16.4. The van der Waals surface area contributed by atoms with E-state index in [1.54, 1.807) is 4.90 Å². The van der Waals surface area contributed by atoms with Crippen LogP contribution in [0.1, 0.15) is 38.5 Å². The number of piperazine rings is 1. The molecule has 0 spiro atoms. The summed E-state index contributed by atoms with van der Waals surface area (Å²) in [5, 5.41) is 5.76. The predicted octanol–water partition coefficient (Wildman–Crippen LogP) is 4.44. The van der Waals surface area contributed by atoms with Crippen molar-refractivity contribution in [2.75, 3.05) is 36.8 Å². The second kappa shape index (κ2) is 8.86. The van der Waals surface area contributed by atoms with E-state index < -0.39 is 0 Å². The van der Waals surface area contributed by atoms with Crippen molar-refractivity contribution in [1.82, 2.24) is 9.88 Å². The van der Waals surface area contributed by atoms with E-state index >= 15 is 0 Å². The molecule has 1 aliphatic heterocycles. The number of hydrogen-bond acceptors (Lipinski definition) is 6. The van der Waals surface area contributed by atoms with E-state index in [0.29, 0.717) is 37.0 Å². The highest BCUT2D eigenvalue weighted by atomic mass is 35.5. The van der Waals surface area contributed by atoms with Gasteiger partial charge in [-0.1, -0.05) is 29.6 Å². The zero-order valence-corrected chi connectivity index (χ0v) is 17.2. The topological polar surface area (TPSA) is 84.0 Å². The molecule has 1 aromatic carbocycles. The number of fused-ring (bicyclic) bond motifs is 1. The van der Waals surface area contributed by atoms with Crippen LogP contribution in [0.25, 0.3) is 10.9 Å². The maximum atomic E-state index is 12.4. The maximum absolute atomic E-state index is 12.4. The number of benzene rings is 1. The normalized spacial score (nSPS) is 17.9. The largest absolute Gasteiger partial charge is 0.436 e. The quantitative estimate of drug-likeness (QED) is 0.445. The smallest absolute Gasteiger partial charge is 0.384 e. The van der Waals surface area contributed by atoms with Gasteiger partial charge in [0.15, 0.2) is 0 Å². The summed E-state index contributed by atoms with van der Waals surface area (Å²) < 4.78 is 0. The van der Waals surface area contributed by atoms with Gasteiger partial charge in [0.25, 0.3) is 0 Å². The van der Waals surface area contributed by atoms with Crippen LogP contribution >= 0.6 is 11.6 Å². The summed E-state index contributed by atoms with van der Waals surface area (Å²) in [6.07, 6.45) is 6.22. The average Bonchev–Trinajstić information content (AvgIpc) is 3.00. The Kier molecular flexibility index (Phi) is 6.04. The van der Waals surface area contributed by atoms with Crippen molar-refractivity contribution in [2.45, 2.75) is 38.5 Å². The first-order valence-electron chi connectivity index (χ1n) is 10.2. The van der Waals surface area contributed by atoms with E-state index in [1.807, 2.05) is 24.3 Å². The number of nitrogens with two attached hydrogens (primary N) is 1. The van der Waals surface area contributed by atoms with Gasteiger partial charge in [-0.15, -0.1) is 0 Å². The molecule has 29 heavy (non-hydrogen) atoms. The van der Waals surface area contributed by atoms with Crippen LogP contribution < -0.4 is 10.6 Å². The molecule has 1 saturated heterocycles. The molecule has 1 amide bonds. The molecule has 0 radical (unpaired) electrons. The van der Waals surface area contributed by atoms with Gasteiger partial charge in [0.1, 0.15) is 5.82 Å². The number of anilines is 2. The molecule has 2 aromatic rings. The summed E-state index contributed by atoms with van der Waals surface area (Å²) in [6, 6.07) is 7.51. The number of rotatable bonds is 2. The number of nitrogens with zero attached hydrogens (tertiary/aromatic N) is 4. The first-order chi connectivity index (χ1) is 14.1. The fourth-order valence-corrected chi connectivity index (χ4v) is 4.15. The third kappa shape index (κ3) is 4.72. The SMILES string of the molecule is Nc1cc(N2CCN(C(=O)ON=C3CCCCCC3)CC2)c2ccc(Cl)cc2n1. The third-order valence-electron chi connectivity index (χ3n) is 5.58. The van der Waals surface area contributed by atoms with Gasteiger partial charge in [-0.2, -0.15) is 0 Å². The van der Waals surface area contributed by atoms with E-state index in [9.17, 15) is 4.79 Å². The molecule has 4 rings (SSSR count).